The molecule has 0 radical (unpaired) electrons. The summed E-state index contributed by atoms with van der Waals surface area (Å²) in [6.45, 7) is 2.51. The molecule has 0 saturated carbocycles. The molecule has 0 fully saturated rings. The Bertz CT molecular complexity index is 218. The van der Waals surface area contributed by atoms with Crippen molar-refractivity contribution in [2.75, 3.05) is 0 Å². The Labute approximate surface area is 65.2 Å². The quantitative estimate of drug-likeness (QED) is 0.638. The van der Waals surface area contributed by atoms with Crippen LogP contribution < -0.4 is 0 Å². The van der Waals surface area contributed by atoms with E-state index >= 15 is 0 Å². The van der Waals surface area contributed by atoms with Gasteiger partial charge in [0, 0.05) is 19.4 Å². The third-order valence-electron chi connectivity index (χ3n) is 1.48. The summed E-state index contributed by atoms with van der Waals surface area (Å²) in [7, 11) is 0. The van der Waals surface area contributed by atoms with E-state index in [9.17, 15) is 4.79 Å². The molecule has 0 N–H and O–H groups in total. The topological polar surface area (TPSA) is 47.8 Å². The highest BCUT2D eigenvalue weighted by atomic mass is 16.1. The number of ketones is 1. The molecular weight excluding hydrogens is 142 g/mol. The smallest absolute Gasteiger partial charge is 0.137 e. The number of aromatic nitrogens is 3. The van der Waals surface area contributed by atoms with Crippen molar-refractivity contribution in [1.82, 2.24) is 14.8 Å². The van der Waals surface area contributed by atoms with Gasteiger partial charge in [-0.2, -0.15) is 5.10 Å². The van der Waals surface area contributed by atoms with E-state index in [1.165, 1.54) is 6.33 Å². The fourth-order valence-corrected chi connectivity index (χ4v) is 0.764. The summed E-state index contributed by atoms with van der Waals surface area (Å²) in [4.78, 5) is 14.6. The van der Waals surface area contributed by atoms with Gasteiger partial charge in [-0.15, -0.1) is 0 Å². The van der Waals surface area contributed by atoms with E-state index in [0.29, 0.717) is 19.4 Å². The van der Waals surface area contributed by atoms with Crippen LogP contribution in [0.4, 0.5) is 0 Å². The minimum absolute atomic E-state index is 0.264. The van der Waals surface area contributed by atoms with Crippen molar-refractivity contribution in [1.29, 1.82) is 0 Å². The normalized spacial score (nSPS) is 9.91. The predicted octanol–water partition coefficient (Wildman–Crippen LogP) is 0.647. The lowest BCUT2D eigenvalue weighted by Gasteiger charge is -1.96. The number of hydrogen-bond acceptors (Lipinski definition) is 3. The van der Waals surface area contributed by atoms with E-state index in [2.05, 4.69) is 10.1 Å². The van der Waals surface area contributed by atoms with Gasteiger partial charge < -0.3 is 0 Å². The Morgan fingerprint density at radius 1 is 1.64 bits per heavy atom. The zero-order valence-corrected chi connectivity index (χ0v) is 6.53. The van der Waals surface area contributed by atoms with Gasteiger partial charge in [0.15, 0.2) is 0 Å². The summed E-state index contributed by atoms with van der Waals surface area (Å²) >= 11 is 0. The van der Waals surface area contributed by atoms with Crippen molar-refractivity contribution in [2.45, 2.75) is 26.3 Å². The van der Waals surface area contributed by atoms with Crippen molar-refractivity contribution < 1.29 is 4.79 Å². The van der Waals surface area contributed by atoms with Crippen LogP contribution in [0.15, 0.2) is 12.7 Å². The molecule has 0 aliphatic carbocycles. The van der Waals surface area contributed by atoms with Gasteiger partial charge in [-0.25, -0.2) is 4.98 Å². The van der Waals surface area contributed by atoms with E-state index < -0.39 is 0 Å². The van der Waals surface area contributed by atoms with Gasteiger partial charge in [-0.05, 0) is 0 Å². The van der Waals surface area contributed by atoms with Crippen molar-refractivity contribution >= 4 is 5.78 Å². The van der Waals surface area contributed by atoms with Crippen molar-refractivity contribution in [2.24, 2.45) is 0 Å². The third kappa shape index (κ3) is 2.49. The van der Waals surface area contributed by atoms with Crippen molar-refractivity contribution in [3.05, 3.63) is 12.7 Å². The zero-order chi connectivity index (χ0) is 8.10. The van der Waals surface area contributed by atoms with Gasteiger partial charge in [-0.3, -0.25) is 9.48 Å². The summed E-state index contributed by atoms with van der Waals surface area (Å²) in [6, 6.07) is 0. The number of carbonyl (C=O) groups excluding carboxylic acids is 1. The van der Waals surface area contributed by atoms with Crippen LogP contribution >= 0.6 is 0 Å². The zero-order valence-electron chi connectivity index (χ0n) is 6.53. The Balaban J connectivity index is 2.29. The molecule has 4 nitrogen and oxygen atoms in total. The maximum Gasteiger partial charge on any atom is 0.137 e. The average Bonchev–Trinajstić information content (AvgIpc) is 2.52. The highest BCUT2D eigenvalue weighted by Crippen LogP contribution is 1.91. The molecule has 4 heteroatoms. The molecular formula is C7H11N3O. The fourth-order valence-electron chi connectivity index (χ4n) is 0.764. The second-order valence-electron chi connectivity index (χ2n) is 2.30. The van der Waals surface area contributed by atoms with Crippen LogP contribution in [0.3, 0.4) is 0 Å². The molecule has 0 aliphatic rings. The van der Waals surface area contributed by atoms with Gasteiger partial charge in [0.1, 0.15) is 18.4 Å². The summed E-state index contributed by atoms with van der Waals surface area (Å²) in [5.41, 5.74) is 0. The van der Waals surface area contributed by atoms with E-state index in [-0.39, 0.29) is 5.78 Å². The average molecular weight is 153 g/mol. The molecule has 0 aromatic carbocycles. The van der Waals surface area contributed by atoms with Crippen LogP contribution in [-0.4, -0.2) is 20.5 Å². The first kappa shape index (κ1) is 7.91. The van der Waals surface area contributed by atoms with Gasteiger partial charge in [0.05, 0.1) is 0 Å². The van der Waals surface area contributed by atoms with E-state index in [1.54, 1.807) is 11.0 Å². The molecule has 0 saturated heterocycles. The maximum atomic E-state index is 10.8. The van der Waals surface area contributed by atoms with Gasteiger partial charge >= 0.3 is 0 Å². The monoisotopic (exact) mass is 153 g/mol. The Morgan fingerprint density at radius 2 is 2.45 bits per heavy atom. The van der Waals surface area contributed by atoms with E-state index in [4.69, 9.17) is 0 Å². The number of hydrogen-bond donors (Lipinski definition) is 0. The van der Waals surface area contributed by atoms with Gasteiger partial charge in [0.25, 0.3) is 0 Å². The van der Waals surface area contributed by atoms with E-state index in [1.807, 2.05) is 6.92 Å². The molecule has 1 aromatic heterocycles. The lowest BCUT2D eigenvalue weighted by atomic mass is 10.2. The Kier molecular flexibility index (Phi) is 2.77. The van der Waals surface area contributed by atoms with E-state index in [0.717, 1.165) is 0 Å². The van der Waals surface area contributed by atoms with Crippen LogP contribution in [-0.2, 0) is 11.3 Å². The molecule has 0 amide bonds. The fraction of sp³-hybridized carbons (Fsp3) is 0.571. The number of aryl methyl sites for hydroxylation is 1. The lowest BCUT2D eigenvalue weighted by Crippen LogP contribution is -2.04. The van der Waals surface area contributed by atoms with Crippen LogP contribution in [0.5, 0.6) is 0 Å². The summed E-state index contributed by atoms with van der Waals surface area (Å²) in [5.74, 6) is 0.264. The molecule has 1 rings (SSSR count). The molecule has 1 heterocycles. The first-order chi connectivity index (χ1) is 5.33. The standard InChI is InChI=1S/C7H11N3O/c1-2-7(11)3-4-10-6-8-5-9-10/h5-6H,2-4H2,1H3. The molecule has 0 bridgehead atoms. The highest BCUT2D eigenvalue weighted by molar-refractivity contribution is 5.77. The highest BCUT2D eigenvalue weighted by Gasteiger charge is 1.98. The van der Waals surface area contributed by atoms with Gasteiger partial charge in [0.2, 0.25) is 0 Å². The maximum absolute atomic E-state index is 10.8. The molecule has 11 heavy (non-hydrogen) atoms. The third-order valence-corrected chi connectivity index (χ3v) is 1.48. The number of rotatable bonds is 4. The first-order valence-electron chi connectivity index (χ1n) is 3.67. The second kappa shape index (κ2) is 3.85. The van der Waals surface area contributed by atoms with Crippen molar-refractivity contribution in [3.63, 3.8) is 0 Å². The molecule has 0 unspecified atom stereocenters. The number of Topliss-reactive ketones (excluding diaryl/α,β-unsaturated/α-hetero) is 1. The molecule has 0 spiro atoms. The Morgan fingerprint density at radius 3 is 3.00 bits per heavy atom. The van der Waals surface area contributed by atoms with Crippen molar-refractivity contribution in [3.8, 4) is 0 Å². The van der Waals surface area contributed by atoms with Crippen LogP contribution in [0.2, 0.25) is 0 Å². The number of nitrogens with zero attached hydrogens (tertiary/aromatic N) is 3. The van der Waals surface area contributed by atoms with Crippen LogP contribution in [0, 0.1) is 0 Å². The SMILES string of the molecule is CCC(=O)CCn1cncn1. The van der Waals surface area contributed by atoms with Crippen LogP contribution in [0.25, 0.3) is 0 Å². The van der Waals surface area contributed by atoms with Crippen LogP contribution in [0.1, 0.15) is 19.8 Å². The lowest BCUT2D eigenvalue weighted by molar-refractivity contribution is -0.119. The first-order valence-corrected chi connectivity index (χ1v) is 3.67. The second-order valence-corrected chi connectivity index (χ2v) is 2.30. The summed E-state index contributed by atoms with van der Waals surface area (Å²) in [6.07, 6.45) is 4.24. The molecule has 0 atom stereocenters. The molecule has 0 aliphatic heterocycles. The predicted molar refractivity (Wildman–Crippen MR) is 39.9 cm³/mol. The number of carbonyl (C=O) groups is 1. The Hall–Kier alpha value is -1.19. The minimum atomic E-state index is 0.264. The summed E-state index contributed by atoms with van der Waals surface area (Å²) < 4.78 is 1.66. The largest absolute Gasteiger partial charge is 0.300 e. The van der Waals surface area contributed by atoms with Gasteiger partial charge in [-0.1, -0.05) is 6.92 Å². The minimum Gasteiger partial charge on any atom is -0.300 e. The molecule has 1 aromatic rings. The summed E-state index contributed by atoms with van der Waals surface area (Å²) in [5, 5.41) is 3.88. The molecule has 60 valence electrons.